The van der Waals surface area contributed by atoms with Crippen molar-refractivity contribution in [2.45, 2.75) is 33.2 Å². The number of carboxylic acids is 1. The molecule has 1 rings (SSSR count). The van der Waals surface area contributed by atoms with E-state index in [9.17, 15) is 20.0 Å². The summed E-state index contributed by atoms with van der Waals surface area (Å²) in [5, 5.41) is 23.0. The van der Waals surface area contributed by atoms with Gasteiger partial charge in [-0.2, -0.15) is 0 Å². The van der Waals surface area contributed by atoms with Gasteiger partial charge in [-0.1, -0.05) is 31.9 Å². The summed E-state index contributed by atoms with van der Waals surface area (Å²) in [4.78, 5) is 21.3. The molecule has 6 nitrogen and oxygen atoms in total. The van der Waals surface area contributed by atoms with Gasteiger partial charge in [0.1, 0.15) is 0 Å². The Hall–Kier alpha value is -1.82. The molecule has 0 bridgehead atoms. The van der Waals surface area contributed by atoms with E-state index in [1.165, 1.54) is 0 Å². The minimum Gasteiger partial charge on any atom is -0.478 e. The normalized spacial score (nSPS) is 13.6. The van der Waals surface area contributed by atoms with Crippen LogP contribution >= 0.6 is 11.6 Å². The number of halogens is 1. The molecule has 0 heterocycles. The van der Waals surface area contributed by atoms with E-state index < -0.39 is 10.9 Å². The molecule has 1 aromatic rings. The lowest BCUT2D eigenvalue weighted by atomic mass is 10.00. The third-order valence-corrected chi connectivity index (χ3v) is 3.68. The van der Waals surface area contributed by atoms with Crippen LogP contribution in [0, 0.1) is 16.0 Å². The van der Waals surface area contributed by atoms with Crippen LogP contribution in [0.4, 0.5) is 11.4 Å². The first-order chi connectivity index (χ1) is 9.27. The monoisotopic (exact) mass is 300 g/mol. The predicted octanol–water partition coefficient (Wildman–Crippen LogP) is 3.79. The summed E-state index contributed by atoms with van der Waals surface area (Å²) in [6.07, 6.45) is 0.918. The zero-order valence-electron chi connectivity index (χ0n) is 11.5. The van der Waals surface area contributed by atoms with Crippen molar-refractivity contribution in [2.75, 3.05) is 5.32 Å². The van der Waals surface area contributed by atoms with E-state index in [4.69, 9.17) is 11.6 Å². The van der Waals surface area contributed by atoms with E-state index in [1.807, 2.05) is 20.8 Å². The van der Waals surface area contributed by atoms with E-state index in [1.54, 1.807) is 0 Å². The fourth-order valence-electron chi connectivity index (χ4n) is 1.74. The number of aromatic carboxylic acids is 1. The molecule has 0 fully saturated rings. The maximum Gasteiger partial charge on any atom is 0.338 e. The number of nitrogens with zero attached hydrogens (tertiary/aromatic N) is 1. The van der Waals surface area contributed by atoms with E-state index in [0.717, 1.165) is 18.6 Å². The quantitative estimate of drug-likeness (QED) is 0.616. The molecule has 0 aliphatic carbocycles. The standard InChI is InChI=1S/C13H17ClN2O4/c1-4-7(2)8(3)15-12-10(13(17)18)5-9(16(19)20)6-11(12)14/h5-8,15H,4H2,1-3H3,(H,17,18). The van der Waals surface area contributed by atoms with Gasteiger partial charge in [-0.25, -0.2) is 4.79 Å². The van der Waals surface area contributed by atoms with Crippen LogP contribution in [0.3, 0.4) is 0 Å². The third-order valence-electron chi connectivity index (χ3n) is 3.39. The molecule has 0 aromatic heterocycles. The number of anilines is 1. The summed E-state index contributed by atoms with van der Waals surface area (Å²) in [6.45, 7) is 5.97. The molecule has 110 valence electrons. The predicted molar refractivity (Wildman–Crippen MR) is 77.6 cm³/mol. The number of benzene rings is 1. The molecule has 1 aromatic carbocycles. The molecule has 0 amide bonds. The number of carboxylic acid groups (broad SMARTS) is 1. The van der Waals surface area contributed by atoms with Gasteiger partial charge in [-0.15, -0.1) is 0 Å². The molecule has 0 spiro atoms. The second-order valence-electron chi connectivity index (χ2n) is 4.73. The van der Waals surface area contributed by atoms with Gasteiger partial charge < -0.3 is 10.4 Å². The summed E-state index contributed by atoms with van der Waals surface area (Å²) in [6, 6.07) is 2.16. The Morgan fingerprint density at radius 2 is 2.10 bits per heavy atom. The number of nitro groups is 1. The van der Waals surface area contributed by atoms with E-state index in [0.29, 0.717) is 5.92 Å². The second kappa shape index (κ2) is 6.56. The second-order valence-corrected chi connectivity index (χ2v) is 5.14. The van der Waals surface area contributed by atoms with Gasteiger partial charge in [0.15, 0.2) is 0 Å². The van der Waals surface area contributed by atoms with Crippen molar-refractivity contribution >= 4 is 28.9 Å². The van der Waals surface area contributed by atoms with Crippen molar-refractivity contribution in [3.8, 4) is 0 Å². The van der Waals surface area contributed by atoms with Gasteiger partial charge in [-0.05, 0) is 12.8 Å². The van der Waals surface area contributed by atoms with Crippen molar-refractivity contribution in [3.63, 3.8) is 0 Å². The number of hydrogen-bond donors (Lipinski definition) is 2. The Morgan fingerprint density at radius 1 is 1.50 bits per heavy atom. The molecule has 20 heavy (non-hydrogen) atoms. The average molecular weight is 301 g/mol. The van der Waals surface area contributed by atoms with Crippen molar-refractivity contribution in [1.29, 1.82) is 0 Å². The first-order valence-electron chi connectivity index (χ1n) is 6.25. The Kier molecular flexibility index (Phi) is 5.33. The highest BCUT2D eigenvalue weighted by Crippen LogP contribution is 2.32. The van der Waals surface area contributed by atoms with E-state index >= 15 is 0 Å². The van der Waals surface area contributed by atoms with Crippen molar-refractivity contribution in [1.82, 2.24) is 0 Å². The number of rotatable bonds is 6. The fraction of sp³-hybridized carbons (Fsp3) is 0.462. The minimum atomic E-state index is -1.26. The zero-order valence-corrected chi connectivity index (χ0v) is 12.3. The number of nitro benzene ring substituents is 1. The smallest absolute Gasteiger partial charge is 0.338 e. The Morgan fingerprint density at radius 3 is 2.55 bits per heavy atom. The number of non-ortho nitro benzene ring substituents is 1. The molecule has 0 saturated carbocycles. The molecule has 0 radical (unpaired) electrons. The zero-order chi connectivity index (χ0) is 15.4. The van der Waals surface area contributed by atoms with Crippen LogP contribution in [-0.2, 0) is 0 Å². The Labute approximate surface area is 121 Å². The molecule has 2 atom stereocenters. The van der Waals surface area contributed by atoms with Crippen molar-refractivity contribution in [2.24, 2.45) is 5.92 Å². The maximum absolute atomic E-state index is 11.2. The summed E-state index contributed by atoms with van der Waals surface area (Å²) in [5.74, 6) is -0.947. The molecular weight excluding hydrogens is 284 g/mol. The lowest BCUT2D eigenvalue weighted by Crippen LogP contribution is -2.24. The number of hydrogen-bond acceptors (Lipinski definition) is 4. The first kappa shape index (κ1) is 16.2. The van der Waals surface area contributed by atoms with Crippen LogP contribution < -0.4 is 5.32 Å². The maximum atomic E-state index is 11.2. The van der Waals surface area contributed by atoms with Crippen molar-refractivity contribution in [3.05, 3.63) is 32.8 Å². The van der Waals surface area contributed by atoms with Crippen LogP contribution in [0.5, 0.6) is 0 Å². The first-order valence-corrected chi connectivity index (χ1v) is 6.63. The Bertz CT molecular complexity index is 533. The topological polar surface area (TPSA) is 92.5 Å². The molecule has 0 aliphatic rings. The molecule has 2 N–H and O–H groups in total. The summed E-state index contributed by atoms with van der Waals surface area (Å²) < 4.78 is 0. The highest BCUT2D eigenvalue weighted by molar-refractivity contribution is 6.34. The van der Waals surface area contributed by atoms with Crippen molar-refractivity contribution < 1.29 is 14.8 Å². The molecule has 2 unspecified atom stereocenters. The summed E-state index contributed by atoms with van der Waals surface area (Å²) in [5.41, 5.74) is -0.314. The largest absolute Gasteiger partial charge is 0.478 e. The molecule has 0 saturated heterocycles. The van der Waals surface area contributed by atoms with Gasteiger partial charge in [-0.3, -0.25) is 10.1 Å². The van der Waals surface area contributed by atoms with Crippen LogP contribution in [0.25, 0.3) is 0 Å². The van der Waals surface area contributed by atoms with Crippen LogP contribution in [0.1, 0.15) is 37.6 Å². The molecular formula is C13H17ClN2O4. The lowest BCUT2D eigenvalue weighted by molar-refractivity contribution is -0.384. The summed E-state index contributed by atoms with van der Waals surface area (Å²) in [7, 11) is 0. The van der Waals surface area contributed by atoms with E-state index in [2.05, 4.69) is 5.32 Å². The highest BCUT2D eigenvalue weighted by Gasteiger charge is 2.22. The molecule has 0 aliphatic heterocycles. The lowest BCUT2D eigenvalue weighted by Gasteiger charge is -2.22. The van der Waals surface area contributed by atoms with Gasteiger partial charge in [0.25, 0.3) is 5.69 Å². The van der Waals surface area contributed by atoms with Gasteiger partial charge in [0.05, 0.1) is 21.2 Å². The van der Waals surface area contributed by atoms with Crippen LogP contribution in [-0.4, -0.2) is 22.0 Å². The van der Waals surface area contributed by atoms with Gasteiger partial charge >= 0.3 is 5.97 Å². The van der Waals surface area contributed by atoms with Crippen LogP contribution in [0.2, 0.25) is 5.02 Å². The van der Waals surface area contributed by atoms with Gasteiger partial charge in [0.2, 0.25) is 0 Å². The van der Waals surface area contributed by atoms with E-state index in [-0.39, 0.29) is 28.0 Å². The number of carbonyl (C=O) groups is 1. The minimum absolute atomic E-state index is 0.00273. The summed E-state index contributed by atoms with van der Waals surface area (Å²) >= 11 is 5.98. The fourth-order valence-corrected chi connectivity index (χ4v) is 2.00. The highest BCUT2D eigenvalue weighted by atomic mass is 35.5. The van der Waals surface area contributed by atoms with Crippen LogP contribution in [0.15, 0.2) is 12.1 Å². The SMILES string of the molecule is CCC(C)C(C)Nc1c(Cl)cc([N+](=O)[O-])cc1C(=O)O. The number of nitrogens with one attached hydrogen (secondary N) is 1. The Balaban J connectivity index is 3.24. The molecule has 7 heteroatoms. The third kappa shape index (κ3) is 3.60. The van der Waals surface area contributed by atoms with Gasteiger partial charge in [0, 0.05) is 18.2 Å². The average Bonchev–Trinajstić information content (AvgIpc) is 2.38.